The molecule has 4 rings (SSSR count). The lowest BCUT2D eigenvalue weighted by molar-refractivity contribution is -0.149. The van der Waals surface area contributed by atoms with Crippen LogP contribution in [0.25, 0.3) is 11.1 Å². The van der Waals surface area contributed by atoms with Gasteiger partial charge in [-0.25, -0.2) is 4.39 Å². The summed E-state index contributed by atoms with van der Waals surface area (Å²) in [6, 6.07) is 7.80. The molecule has 1 amide bonds. The smallest absolute Gasteiger partial charge is 0.311 e. The van der Waals surface area contributed by atoms with Gasteiger partial charge in [0, 0.05) is 35.0 Å². The molecule has 1 aromatic carbocycles. The molecule has 2 aromatic rings. The lowest BCUT2D eigenvalue weighted by Gasteiger charge is -2.23. The number of nitrogens with one attached hydrogen (secondary N) is 1. The van der Waals surface area contributed by atoms with Crippen molar-refractivity contribution < 1.29 is 28.6 Å². The Labute approximate surface area is 190 Å². The summed E-state index contributed by atoms with van der Waals surface area (Å²) in [4.78, 5) is 29.0. The Balaban J connectivity index is 1.66. The summed E-state index contributed by atoms with van der Waals surface area (Å²) < 4.78 is 24.5. The molecule has 2 aliphatic rings. The SMILES string of the molecule is COC(=O)[C@@H](Cc1ccc(C2=C/C(=C3\C(=O)Nc4cc(F)ccc43)OC2(C)C)cn1)[C@@H](C)O. The summed E-state index contributed by atoms with van der Waals surface area (Å²) in [6.45, 7) is 5.32. The molecule has 0 aliphatic carbocycles. The summed E-state index contributed by atoms with van der Waals surface area (Å²) >= 11 is 0. The highest BCUT2D eigenvalue weighted by atomic mass is 19.1. The number of esters is 1. The molecule has 2 aliphatic heterocycles. The number of benzene rings is 1. The summed E-state index contributed by atoms with van der Waals surface area (Å²) in [5.41, 5.74) is 2.88. The highest BCUT2D eigenvalue weighted by Crippen LogP contribution is 2.44. The maximum Gasteiger partial charge on any atom is 0.311 e. The Morgan fingerprint density at radius 1 is 1.30 bits per heavy atom. The number of ether oxygens (including phenoxy) is 2. The van der Waals surface area contributed by atoms with E-state index in [1.807, 2.05) is 19.9 Å². The van der Waals surface area contributed by atoms with Crippen LogP contribution in [0.2, 0.25) is 0 Å². The Bertz CT molecular complexity index is 1180. The van der Waals surface area contributed by atoms with Crippen molar-refractivity contribution in [2.45, 2.75) is 38.9 Å². The second-order valence-corrected chi connectivity index (χ2v) is 8.67. The molecule has 0 saturated carbocycles. The molecule has 0 fully saturated rings. The quantitative estimate of drug-likeness (QED) is 0.533. The van der Waals surface area contributed by atoms with Gasteiger partial charge in [0.2, 0.25) is 0 Å². The molecule has 2 atom stereocenters. The van der Waals surface area contributed by atoms with Gasteiger partial charge in [0.25, 0.3) is 5.91 Å². The van der Waals surface area contributed by atoms with Crippen LogP contribution in [-0.2, 0) is 25.5 Å². The predicted octanol–water partition coefficient (Wildman–Crippen LogP) is 3.49. The monoisotopic (exact) mass is 452 g/mol. The van der Waals surface area contributed by atoms with Crippen LogP contribution in [0.4, 0.5) is 10.1 Å². The average molecular weight is 452 g/mol. The first kappa shape index (κ1) is 22.7. The van der Waals surface area contributed by atoms with Crippen molar-refractivity contribution in [3.05, 3.63) is 71.0 Å². The summed E-state index contributed by atoms with van der Waals surface area (Å²) in [6.07, 6.45) is 2.85. The maximum absolute atomic E-state index is 13.6. The second kappa shape index (κ2) is 8.44. The number of allylic oxidation sites excluding steroid dienone is 1. The van der Waals surface area contributed by atoms with E-state index in [2.05, 4.69) is 10.3 Å². The van der Waals surface area contributed by atoms with Gasteiger partial charge in [-0.3, -0.25) is 14.6 Å². The van der Waals surface area contributed by atoms with E-state index >= 15 is 0 Å². The molecule has 2 N–H and O–H groups in total. The molecule has 8 heteroatoms. The number of hydrogen-bond acceptors (Lipinski definition) is 6. The zero-order valence-corrected chi connectivity index (χ0v) is 18.8. The number of carbonyl (C=O) groups excluding carboxylic acids is 2. The molecule has 1 aromatic heterocycles. The van der Waals surface area contributed by atoms with Gasteiger partial charge in [-0.05, 0) is 51.1 Å². The number of aliphatic hydroxyl groups is 1. The summed E-state index contributed by atoms with van der Waals surface area (Å²) in [5.74, 6) is -1.57. The third-order valence-corrected chi connectivity index (χ3v) is 5.91. The number of anilines is 1. The third-order valence-electron chi connectivity index (χ3n) is 5.91. The number of aromatic nitrogens is 1. The van der Waals surface area contributed by atoms with E-state index < -0.39 is 29.4 Å². The fourth-order valence-electron chi connectivity index (χ4n) is 4.14. The highest BCUT2D eigenvalue weighted by molar-refractivity contribution is 6.32. The minimum Gasteiger partial charge on any atom is -0.482 e. The number of methoxy groups -OCH3 is 1. The fraction of sp³-hybridized carbons (Fsp3) is 0.320. The van der Waals surface area contributed by atoms with Gasteiger partial charge < -0.3 is 19.9 Å². The summed E-state index contributed by atoms with van der Waals surface area (Å²) in [7, 11) is 1.29. The van der Waals surface area contributed by atoms with Gasteiger partial charge in [-0.15, -0.1) is 0 Å². The normalized spacial score (nSPS) is 20.4. The van der Waals surface area contributed by atoms with Crippen molar-refractivity contribution in [1.29, 1.82) is 0 Å². The van der Waals surface area contributed by atoms with E-state index in [9.17, 15) is 19.1 Å². The number of nitrogens with zero attached hydrogens (tertiary/aromatic N) is 1. The average Bonchev–Trinajstić information content (AvgIpc) is 3.25. The minimum atomic E-state index is -0.869. The third kappa shape index (κ3) is 4.26. The van der Waals surface area contributed by atoms with Crippen LogP contribution in [0.3, 0.4) is 0 Å². The van der Waals surface area contributed by atoms with Crippen LogP contribution in [0.1, 0.15) is 37.6 Å². The first-order valence-electron chi connectivity index (χ1n) is 10.6. The molecule has 3 heterocycles. The zero-order valence-electron chi connectivity index (χ0n) is 18.8. The van der Waals surface area contributed by atoms with Crippen molar-refractivity contribution in [2.75, 3.05) is 12.4 Å². The molecular formula is C25H25FN2O5. The van der Waals surface area contributed by atoms with Gasteiger partial charge in [0.05, 0.1) is 30.4 Å². The number of carbonyl (C=O) groups is 2. The molecule has 172 valence electrons. The van der Waals surface area contributed by atoms with E-state index in [-0.39, 0.29) is 12.3 Å². The Morgan fingerprint density at radius 3 is 2.70 bits per heavy atom. The number of amides is 1. The zero-order chi connectivity index (χ0) is 23.9. The van der Waals surface area contributed by atoms with E-state index in [1.165, 1.54) is 19.2 Å². The van der Waals surface area contributed by atoms with E-state index in [1.54, 1.807) is 31.3 Å². The van der Waals surface area contributed by atoms with Crippen molar-refractivity contribution in [3.8, 4) is 0 Å². The van der Waals surface area contributed by atoms with Gasteiger partial charge in [0.15, 0.2) is 0 Å². The minimum absolute atomic E-state index is 0.242. The van der Waals surface area contributed by atoms with Gasteiger partial charge in [-0.1, -0.05) is 6.07 Å². The van der Waals surface area contributed by atoms with Crippen molar-refractivity contribution in [2.24, 2.45) is 5.92 Å². The van der Waals surface area contributed by atoms with Gasteiger partial charge in [-0.2, -0.15) is 0 Å². The molecule has 0 bridgehead atoms. The number of pyridine rings is 1. The molecule has 0 saturated heterocycles. The molecular weight excluding hydrogens is 427 g/mol. The lowest BCUT2D eigenvalue weighted by atomic mass is 9.92. The van der Waals surface area contributed by atoms with Crippen molar-refractivity contribution >= 4 is 28.7 Å². The molecule has 0 radical (unpaired) electrons. The van der Waals surface area contributed by atoms with Crippen LogP contribution < -0.4 is 5.32 Å². The predicted molar refractivity (Wildman–Crippen MR) is 120 cm³/mol. The Hall–Kier alpha value is -3.52. The van der Waals surface area contributed by atoms with Crippen LogP contribution in [0.5, 0.6) is 0 Å². The van der Waals surface area contributed by atoms with Crippen LogP contribution in [-0.4, -0.2) is 40.8 Å². The van der Waals surface area contributed by atoms with Crippen LogP contribution >= 0.6 is 0 Å². The fourth-order valence-corrected chi connectivity index (χ4v) is 4.14. The van der Waals surface area contributed by atoms with Gasteiger partial charge in [0.1, 0.15) is 17.2 Å². The molecule has 33 heavy (non-hydrogen) atoms. The molecule has 0 unspecified atom stereocenters. The standard InChI is InChI=1S/C25H25FN2O5/c1-13(29)18(24(31)32-4)10-16-7-5-14(12-27-16)19-11-21(33-25(19,2)3)22-17-8-6-15(26)9-20(17)28-23(22)30/h5-9,11-13,18,29H,10H2,1-4H3,(H,28,30)/b22-21+/t13-,18+/m1/s1. The maximum atomic E-state index is 13.6. The first-order valence-corrected chi connectivity index (χ1v) is 10.6. The molecule has 7 nitrogen and oxygen atoms in total. The number of halogens is 1. The van der Waals surface area contributed by atoms with Crippen molar-refractivity contribution in [3.63, 3.8) is 0 Å². The topological polar surface area (TPSA) is 97.8 Å². The number of aliphatic hydroxyl groups excluding tert-OH is 1. The van der Waals surface area contributed by atoms with Crippen LogP contribution in [0, 0.1) is 11.7 Å². The van der Waals surface area contributed by atoms with E-state index in [0.717, 1.165) is 11.1 Å². The van der Waals surface area contributed by atoms with Crippen LogP contribution in [0.15, 0.2) is 48.4 Å². The Kier molecular flexibility index (Phi) is 5.80. The van der Waals surface area contributed by atoms with Gasteiger partial charge >= 0.3 is 5.97 Å². The second-order valence-electron chi connectivity index (χ2n) is 8.67. The van der Waals surface area contributed by atoms with Crippen molar-refractivity contribution in [1.82, 2.24) is 4.98 Å². The number of fused-ring (bicyclic) bond motifs is 1. The van der Waals surface area contributed by atoms with E-state index in [4.69, 9.17) is 9.47 Å². The van der Waals surface area contributed by atoms with E-state index in [0.29, 0.717) is 28.3 Å². The highest BCUT2D eigenvalue weighted by Gasteiger charge is 2.38. The number of rotatable bonds is 5. The largest absolute Gasteiger partial charge is 0.482 e. The first-order chi connectivity index (χ1) is 15.6. The number of hydrogen-bond donors (Lipinski definition) is 2. The summed E-state index contributed by atoms with van der Waals surface area (Å²) in [5, 5.41) is 12.6. The Morgan fingerprint density at radius 2 is 2.06 bits per heavy atom. The molecule has 0 spiro atoms. The lowest BCUT2D eigenvalue weighted by Crippen LogP contribution is -2.29.